The number of hydrogen-bond acceptors (Lipinski definition) is 2. The Bertz CT molecular complexity index is 255. The van der Waals surface area contributed by atoms with Crippen molar-refractivity contribution in [2.24, 2.45) is 5.92 Å². The molecular weight excluding hydrogens is 152 g/mol. The normalized spacial score (nSPS) is 27.8. The molecule has 0 aromatic heterocycles. The minimum Gasteiger partial charge on any atom is -0.302 e. The zero-order valence-corrected chi connectivity index (χ0v) is 6.84. The molecule has 0 aromatic rings. The monoisotopic (exact) mass is 164 g/mol. The number of fused-ring (bicyclic) bond motifs is 1. The van der Waals surface area contributed by atoms with Crippen molar-refractivity contribution in [2.75, 3.05) is 0 Å². The van der Waals surface area contributed by atoms with E-state index < -0.39 is 0 Å². The molecule has 1 unspecified atom stereocenters. The van der Waals surface area contributed by atoms with E-state index in [-0.39, 0.29) is 5.91 Å². The van der Waals surface area contributed by atoms with Crippen molar-refractivity contribution < 1.29 is 4.79 Å². The van der Waals surface area contributed by atoms with Crippen molar-refractivity contribution in [3.8, 4) is 0 Å². The van der Waals surface area contributed by atoms with Crippen LogP contribution in [-0.4, -0.2) is 5.91 Å². The van der Waals surface area contributed by atoms with Gasteiger partial charge in [0.25, 0.3) is 0 Å². The minimum atomic E-state index is 0.0882. The lowest BCUT2D eigenvalue weighted by molar-refractivity contribution is -0.121. The van der Waals surface area contributed by atoms with Crippen molar-refractivity contribution in [3.63, 3.8) is 0 Å². The minimum absolute atomic E-state index is 0.0882. The van der Waals surface area contributed by atoms with Crippen molar-refractivity contribution in [1.82, 2.24) is 10.9 Å². The van der Waals surface area contributed by atoms with Crippen molar-refractivity contribution >= 4 is 5.91 Å². The van der Waals surface area contributed by atoms with Gasteiger partial charge in [0.15, 0.2) is 0 Å². The van der Waals surface area contributed by atoms with E-state index >= 15 is 0 Å². The molecule has 64 valence electrons. The fourth-order valence-corrected chi connectivity index (χ4v) is 1.60. The van der Waals surface area contributed by atoms with Crippen LogP contribution < -0.4 is 10.9 Å². The quantitative estimate of drug-likeness (QED) is 0.557. The summed E-state index contributed by atoms with van der Waals surface area (Å²) >= 11 is 0. The Labute approximate surface area is 71.5 Å². The van der Waals surface area contributed by atoms with Crippen LogP contribution in [0.4, 0.5) is 0 Å². The van der Waals surface area contributed by atoms with E-state index in [1.165, 1.54) is 0 Å². The molecular formula is C9H12N2O. The third-order valence-corrected chi connectivity index (χ3v) is 2.34. The smallest absolute Gasteiger partial charge is 0.238 e. The largest absolute Gasteiger partial charge is 0.302 e. The number of rotatable bonds is 0. The molecule has 1 heterocycles. The Hall–Kier alpha value is -1.25. The molecule has 0 spiro atoms. The van der Waals surface area contributed by atoms with Gasteiger partial charge in [0.05, 0.1) is 0 Å². The summed E-state index contributed by atoms with van der Waals surface area (Å²) in [5, 5.41) is 0. The summed E-state index contributed by atoms with van der Waals surface area (Å²) in [6.45, 7) is 0. The highest BCUT2D eigenvalue weighted by Crippen LogP contribution is 2.24. The molecule has 2 aliphatic rings. The molecule has 0 radical (unpaired) electrons. The number of hydrogen-bond donors (Lipinski definition) is 2. The maximum atomic E-state index is 11.0. The van der Waals surface area contributed by atoms with Gasteiger partial charge >= 0.3 is 0 Å². The third-order valence-electron chi connectivity index (χ3n) is 2.34. The van der Waals surface area contributed by atoms with Crippen molar-refractivity contribution in [1.29, 1.82) is 0 Å². The van der Waals surface area contributed by atoms with E-state index in [1.807, 2.05) is 12.2 Å². The van der Waals surface area contributed by atoms with E-state index in [2.05, 4.69) is 16.9 Å². The average Bonchev–Trinajstić information content (AvgIpc) is 2.29. The van der Waals surface area contributed by atoms with Gasteiger partial charge in [-0.1, -0.05) is 12.2 Å². The molecule has 1 aliphatic heterocycles. The number of hydrazine groups is 1. The van der Waals surface area contributed by atoms with E-state index in [9.17, 15) is 4.79 Å². The number of nitrogens with one attached hydrogen (secondary N) is 2. The van der Waals surface area contributed by atoms with E-state index in [0.717, 1.165) is 18.5 Å². The lowest BCUT2D eigenvalue weighted by Crippen LogP contribution is -2.35. The maximum absolute atomic E-state index is 11.0. The SMILES string of the molecule is O=C1CCC2CC=CC=C2NN1. The molecule has 12 heavy (non-hydrogen) atoms. The molecule has 1 atom stereocenters. The van der Waals surface area contributed by atoms with Gasteiger partial charge in [-0.25, -0.2) is 0 Å². The number of carbonyl (C=O) groups is 1. The molecule has 1 amide bonds. The topological polar surface area (TPSA) is 41.1 Å². The highest BCUT2D eigenvalue weighted by Gasteiger charge is 2.20. The third kappa shape index (κ3) is 1.35. The molecule has 1 fully saturated rings. The van der Waals surface area contributed by atoms with Crippen LogP contribution in [0.15, 0.2) is 23.9 Å². The molecule has 3 heteroatoms. The van der Waals surface area contributed by atoms with Gasteiger partial charge in [-0.3, -0.25) is 10.2 Å². The molecule has 2 N–H and O–H groups in total. The number of amides is 1. The summed E-state index contributed by atoms with van der Waals surface area (Å²) < 4.78 is 0. The first-order chi connectivity index (χ1) is 5.86. The number of allylic oxidation sites excluding steroid dienone is 4. The summed E-state index contributed by atoms with van der Waals surface area (Å²) in [6, 6.07) is 0. The highest BCUT2D eigenvalue weighted by atomic mass is 16.2. The molecule has 1 aliphatic carbocycles. The van der Waals surface area contributed by atoms with Crippen LogP contribution in [0.25, 0.3) is 0 Å². The van der Waals surface area contributed by atoms with Gasteiger partial charge in [0.1, 0.15) is 0 Å². The van der Waals surface area contributed by atoms with Gasteiger partial charge in [0, 0.05) is 18.0 Å². The second-order valence-electron chi connectivity index (χ2n) is 3.19. The van der Waals surface area contributed by atoms with Crippen LogP contribution in [0, 0.1) is 5.92 Å². The van der Waals surface area contributed by atoms with Crippen LogP contribution >= 0.6 is 0 Å². The van der Waals surface area contributed by atoms with Crippen molar-refractivity contribution in [2.45, 2.75) is 19.3 Å². The van der Waals surface area contributed by atoms with E-state index in [1.54, 1.807) is 0 Å². The molecule has 1 saturated heterocycles. The fourth-order valence-electron chi connectivity index (χ4n) is 1.60. The Morgan fingerprint density at radius 1 is 1.42 bits per heavy atom. The predicted octanol–water partition coefficient (Wildman–Crippen LogP) is 0.861. The summed E-state index contributed by atoms with van der Waals surface area (Å²) in [5.41, 5.74) is 6.74. The summed E-state index contributed by atoms with van der Waals surface area (Å²) in [7, 11) is 0. The lowest BCUT2D eigenvalue weighted by atomic mass is 9.93. The average molecular weight is 164 g/mol. The first-order valence-electron chi connectivity index (χ1n) is 4.28. The zero-order valence-electron chi connectivity index (χ0n) is 6.84. The Kier molecular flexibility index (Phi) is 1.86. The van der Waals surface area contributed by atoms with Crippen molar-refractivity contribution in [3.05, 3.63) is 23.9 Å². The maximum Gasteiger partial charge on any atom is 0.238 e. The predicted molar refractivity (Wildman–Crippen MR) is 45.8 cm³/mol. The zero-order chi connectivity index (χ0) is 8.39. The van der Waals surface area contributed by atoms with Crippen LogP contribution in [0.5, 0.6) is 0 Å². The molecule has 0 bridgehead atoms. The number of carbonyl (C=O) groups excluding carboxylic acids is 1. The van der Waals surface area contributed by atoms with Crippen LogP contribution in [0.3, 0.4) is 0 Å². The molecule has 2 rings (SSSR count). The standard InChI is InChI=1S/C9H12N2O/c12-9-6-5-7-3-1-2-4-8(7)10-11-9/h1-2,4,7,10H,3,5-6H2,(H,11,12). The first-order valence-corrected chi connectivity index (χ1v) is 4.28. The fraction of sp³-hybridized carbons (Fsp3) is 0.444. The van der Waals surface area contributed by atoms with Crippen LogP contribution in [0.1, 0.15) is 19.3 Å². The van der Waals surface area contributed by atoms with Gasteiger partial charge in [-0.2, -0.15) is 0 Å². The Balaban J connectivity index is 2.13. The van der Waals surface area contributed by atoms with Gasteiger partial charge in [-0.15, -0.1) is 0 Å². The second-order valence-corrected chi connectivity index (χ2v) is 3.19. The highest BCUT2D eigenvalue weighted by molar-refractivity contribution is 5.76. The van der Waals surface area contributed by atoms with Crippen LogP contribution in [-0.2, 0) is 4.79 Å². The molecule has 3 nitrogen and oxygen atoms in total. The summed E-state index contributed by atoms with van der Waals surface area (Å²) in [5.74, 6) is 0.597. The lowest BCUT2D eigenvalue weighted by Gasteiger charge is -2.18. The summed E-state index contributed by atoms with van der Waals surface area (Å²) in [4.78, 5) is 11.0. The van der Waals surface area contributed by atoms with Crippen LogP contribution in [0.2, 0.25) is 0 Å². The Morgan fingerprint density at radius 2 is 2.33 bits per heavy atom. The molecule has 0 saturated carbocycles. The van der Waals surface area contributed by atoms with Gasteiger partial charge in [-0.05, 0) is 18.9 Å². The molecule has 0 aromatic carbocycles. The first kappa shape index (κ1) is 7.40. The second kappa shape index (κ2) is 3.01. The van der Waals surface area contributed by atoms with Gasteiger partial charge in [0.2, 0.25) is 5.91 Å². The summed E-state index contributed by atoms with van der Waals surface area (Å²) in [6.07, 6.45) is 8.83. The van der Waals surface area contributed by atoms with Gasteiger partial charge < -0.3 is 5.43 Å². The van der Waals surface area contributed by atoms with E-state index in [0.29, 0.717) is 12.3 Å². The van der Waals surface area contributed by atoms with E-state index in [4.69, 9.17) is 0 Å². The Morgan fingerprint density at radius 3 is 3.25 bits per heavy atom.